The average Bonchev–Trinajstić information content (AvgIpc) is 3.68. The van der Waals surface area contributed by atoms with Crippen molar-refractivity contribution in [3.8, 4) is 0 Å². The number of rotatable bonds is 14. The molecule has 2 aromatic carbocycles. The maximum Gasteiger partial charge on any atom is 0.242 e. The van der Waals surface area contributed by atoms with Crippen LogP contribution >= 0.6 is 0 Å². The van der Waals surface area contributed by atoms with E-state index < -0.39 is 16.1 Å². The molecule has 1 aliphatic rings. The minimum atomic E-state index is -3.53. The number of methoxy groups -OCH3 is 1. The first-order valence-electron chi connectivity index (χ1n) is 12.1. The summed E-state index contributed by atoms with van der Waals surface area (Å²) in [5.74, 6) is -0.886. The van der Waals surface area contributed by atoms with E-state index in [1.165, 1.54) is 29.2 Å². The van der Waals surface area contributed by atoms with Gasteiger partial charge in [0.1, 0.15) is 11.9 Å². The summed E-state index contributed by atoms with van der Waals surface area (Å²) in [6.45, 7) is 2.78. The molecule has 36 heavy (non-hydrogen) atoms. The number of amides is 2. The van der Waals surface area contributed by atoms with Gasteiger partial charge in [-0.3, -0.25) is 9.59 Å². The van der Waals surface area contributed by atoms with Gasteiger partial charge in [0.25, 0.3) is 0 Å². The molecule has 0 saturated heterocycles. The van der Waals surface area contributed by atoms with Crippen LogP contribution in [-0.2, 0) is 37.3 Å². The number of carbonyl (C=O) groups is 2. The molecule has 3 rings (SSSR count). The van der Waals surface area contributed by atoms with Gasteiger partial charge in [-0.15, -0.1) is 0 Å². The van der Waals surface area contributed by atoms with Gasteiger partial charge in [-0.2, -0.15) is 0 Å². The van der Waals surface area contributed by atoms with E-state index in [1.807, 2.05) is 0 Å². The molecule has 2 amide bonds. The Kier molecular flexibility index (Phi) is 9.98. The molecule has 196 valence electrons. The van der Waals surface area contributed by atoms with E-state index in [1.54, 1.807) is 38.3 Å². The molecule has 1 fully saturated rings. The smallest absolute Gasteiger partial charge is 0.242 e. The molecule has 1 aliphatic carbocycles. The molecule has 10 heteroatoms. The summed E-state index contributed by atoms with van der Waals surface area (Å²) >= 11 is 0. The highest BCUT2D eigenvalue weighted by Crippen LogP contribution is 2.22. The van der Waals surface area contributed by atoms with Crippen molar-refractivity contribution in [1.82, 2.24) is 14.9 Å². The second-order valence-electron chi connectivity index (χ2n) is 9.00. The van der Waals surface area contributed by atoms with E-state index in [4.69, 9.17) is 4.74 Å². The largest absolute Gasteiger partial charge is 0.385 e. The van der Waals surface area contributed by atoms with Crippen LogP contribution in [0.4, 0.5) is 4.39 Å². The molecule has 0 aliphatic heterocycles. The Balaban J connectivity index is 1.64. The van der Waals surface area contributed by atoms with Crippen molar-refractivity contribution in [2.24, 2.45) is 0 Å². The quantitative estimate of drug-likeness (QED) is 0.374. The Labute approximate surface area is 212 Å². The lowest BCUT2D eigenvalue weighted by atomic mass is 10.1. The topological polar surface area (TPSA) is 105 Å². The van der Waals surface area contributed by atoms with Crippen LogP contribution in [-0.4, -0.2) is 57.5 Å². The third kappa shape index (κ3) is 8.39. The maximum absolute atomic E-state index is 13.4. The van der Waals surface area contributed by atoms with Crippen LogP contribution < -0.4 is 10.0 Å². The van der Waals surface area contributed by atoms with E-state index >= 15 is 0 Å². The van der Waals surface area contributed by atoms with Crippen molar-refractivity contribution in [3.63, 3.8) is 0 Å². The zero-order valence-electron chi connectivity index (χ0n) is 20.7. The number of nitrogens with one attached hydrogen (secondary N) is 2. The average molecular weight is 520 g/mol. The molecule has 2 N–H and O–H groups in total. The highest BCUT2D eigenvalue weighted by Gasteiger charge is 2.28. The lowest BCUT2D eigenvalue weighted by molar-refractivity contribution is -0.140. The highest BCUT2D eigenvalue weighted by atomic mass is 32.2. The van der Waals surface area contributed by atoms with E-state index in [2.05, 4.69) is 10.0 Å². The maximum atomic E-state index is 13.4. The minimum absolute atomic E-state index is 0.0264. The van der Waals surface area contributed by atoms with Crippen LogP contribution in [0.3, 0.4) is 0 Å². The predicted octanol–water partition coefficient (Wildman–Crippen LogP) is 2.77. The first kappa shape index (κ1) is 27.8. The van der Waals surface area contributed by atoms with E-state index in [0.29, 0.717) is 31.6 Å². The SMILES string of the molecule is COCCCNC(=O)[C@H](C)N(Cc1ccc(F)cc1)C(=O)CCc1ccc(S(=O)(=O)NC2CC2)cc1. The van der Waals surface area contributed by atoms with Gasteiger partial charge >= 0.3 is 0 Å². The van der Waals surface area contributed by atoms with Crippen molar-refractivity contribution in [3.05, 3.63) is 65.5 Å². The molecule has 0 unspecified atom stereocenters. The van der Waals surface area contributed by atoms with Crippen LogP contribution in [0, 0.1) is 5.82 Å². The Morgan fingerprint density at radius 3 is 2.33 bits per heavy atom. The van der Waals surface area contributed by atoms with Crippen LogP contribution in [0.5, 0.6) is 0 Å². The summed E-state index contributed by atoms with van der Waals surface area (Å²) in [5.41, 5.74) is 1.52. The lowest BCUT2D eigenvalue weighted by Gasteiger charge is -2.29. The number of sulfonamides is 1. The zero-order valence-corrected chi connectivity index (χ0v) is 21.5. The number of nitrogens with zero attached hydrogens (tertiary/aromatic N) is 1. The molecule has 2 aromatic rings. The van der Waals surface area contributed by atoms with E-state index in [-0.39, 0.29) is 41.5 Å². The van der Waals surface area contributed by atoms with Crippen LogP contribution in [0.2, 0.25) is 0 Å². The van der Waals surface area contributed by atoms with E-state index in [9.17, 15) is 22.4 Å². The molecular weight excluding hydrogens is 485 g/mol. The van der Waals surface area contributed by atoms with E-state index in [0.717, 1.165) is 18.4 Å². The normalized spacial score (nSPS) is 14.3. The fourth-order valence-electron chi connectivity index (χ4n) is 3.66. The number of hydrogen-bond acceptors (Lipinski definition) is 5. The summed E-state index contributed by atoms with van der Waals surface area (Å²) in [6, 6.07) is 11.6. The lowest BCUT2D eigenvalue weighted by Crippen LogP contribution is -2.48. The number of benzene rings is 2. The van der Waals surface area contributed by atoms with Gasteiger partial charge in [0.2, 0.25) is 21.8 Å². The number of ether oxygens (including phenoxy) is 1. The fraction of sp³-hybridized carbons (Fsp3) is 0.462. The zero-order chi connectivity index (χ0) is 26.1. The monoisotopic (exact) mass is 519 g/mol. The first-order chi connectivity index (χ1) is 17.2. The highest BCUT2D eigenvalue weighted by molar-refractivity contribution is 7.89. The third-order valence-electron chi connectivity index (χ3n) is 6.02. The van der Waals surface area contributed by atoms with Crippen molar-refractivity contribution in [2.45, 2.75) is 62.6 Å². The second kappa shape index (κ2) is 12.9. The summed E-state index contributed by atoms with van der Waals surface area (Å²) < 4.78 is 45.7. The summed E-state index contributed by atoms with van der Waals surface area (Å²) in [6.07, 6.45) is 2.89. The van der Waals surface area contributed by atoms with Gasteiger partial charge in [-0.25, -0.2) is 17.5 Å². The summed E-state index contributed by atoms with van der Waals surface area (Å²) in [5, 5.41) is 2.82. The first-order valence-corrected chi connectivity index (χ1v) is 13.6. The molecule has 8 nitrogen and oxygen atoms in total. The van der Waals surface area contributed by atoms with Gasteiger partial charge < -0.3 is 15.0 Å². The standard InChI is InChI=1S/C26H34FN3O5S/c1-19(26(32)28-16-3-17-35-2)30(18-21-4-9-22(27)10-5-21)25(31)15-8-20-6-13-24(14-7-20)36(33,34)29-23-11-12-23/h4-7,9-10,13-14,19,23,29H,3,8,11-12,15-18H2,1-2H3,(H,28,32)/t19-/m0/s1. The van der Waals surface area contributed by atoms with Crippen molar-refractivity contribution >= 4 is 21.8 Å². The molecule has 0 heterocycles. The van der Waals surface area contributed by atoms with Gasteiger partial charge in [-0.05, 0) is 68.0 Å². The third-order valence-corrected chi connectivity index (χ3v) is 7.55. The van der Waals surface area contributed by atoms with Crippen LogP contribution in [0.15, 0.2) is 53.4 Å². The molecule has 1 atom stereocenters. The molecule has 0 radical (unpaired) electrons. The molecular formula is C26H34FN3O5S. The second-order valence-corrected chi connectivity index (χ2v) is 10.7. The van der Waals surface area contributed by atoms with Crippen molar-refractivity contribution in [1.29, 1.82) is 0 Å². The number of aryl methyl sites for hydroxylation is 1. The van der Waals surface area contributed by atoms with Crippen LogP contribution in [0.25, 0.3) is 0 Å². The van der Waals surface area contributed by atoms with Crippen LogP contribution in [0.1, 0.15) is 43.7 Å². The Bertz CT molecular complexity index is 1120. The number of hydrogen-bond donors (Lipinski definition) is 2. The van der Waals surface area contributed by atoms with Crippen molar-refractivity contribution in [2.75, 3.05) is 20.3 Å². The molecule has 0 bridgehead atoms. The van der Waals surface area contributed by atoms with Gasteiger partial charge in [0, 0.05) is 39.3 Å². The van der Waals surface area contributed by atoms with Gasteiger partial charge in [0.05, 0.1) is 4.90 Å². The van der Waals surface area contributed by atoms with Crippen molar-refractivity contribution < 1.29 is 27.1 Å². The number of halogens is 1. The Hall–Kier alpha value is -2.82. The molecule has 0 aromatic heterocycles. The molecule has 0 spiro atoms. The summed E-state index contributed by atoms with van der Waals surface area (Å²) in [7, 11) is -1.94. The fourth-order valence-corrected chi connectivity index (χ4v) is 4.97. The Morgan fingerprint density at radius 2 is 1.72 bits per heavy atom. The van der Waals surface area contributed by atoms with Gasteiger partial charge in [0.15, 0.2) is 0 Å². The minimum Gasteiger partial charge on any atom is -0.385 e. The number of carbonyl (C=O) groups excluding carboxylic acids is 2. The van der Waals surface area contributed by atoms with Gasteiger partial charge in [-0.1, -0.05) is 24.3 Å². The molecule has 1 saturated carbocycles. The Morgan fingerprint density at radius 1 is 1.08 bits per heavy atom. The summed E-state index contributed by atoms with van der Waals surface area (Å²) in [4.78, 5) is 27.6. The predicted molar refractivity (Wildman–Crippen MR) is 134 cm³/mol.